The summed E-state index contributed by atoms with van der Waals surface area (Å²) in [5.74, 6) is -0.634. The van der Waals surface area contributed by atoms with Crippen LogP contribution >= 0.6 is 15.9 Å². The minimum Gasteiger partial charge on any atom is -0.359 e. The molecule has 0 saturated carbocycles. The van der Waals surface area contributed by atoms with Gasteiger partial charge in [-0.1, -0.05) is 12.1 Å². The highest BCUT2D eigenvalue weighted by Gasteiger charge is 2.11. The molecule has 0 saturated heterocycles. The Morgan fingerprint density at radius 3 is 2.36 bits per heavy atom. The van der Waals surface area contributed by atoms with Crippen molar-refractivity contribution < 1.29 is 13.2 Å². The summed E-state index contributed by atoms with van der Waals surface area (Å²) in [7, 11) is -3.80. The topological polar surface area (TPSA) is 125 Å². The molecule has 0 heterocycles. The van der Waals surface area contributed by atoms with Gasteiger partial charge in [-0.05, 0) is 52.3 Å². The second kappa shape index (κ2) is 7.94. The molecule has 0 aliphatic carbocycles. The number of amides is 1. The number of carbonyl (C=O) groups is 1. The van der Waals surface area contributed by atoms with Crippen LogP contribution in [0.2, 0.25) is 0 Å². The highest BCUT2D eigenvalue weighted by Crippen LogP contribution is 2.21. The van der Waals surface area contributed by atoms with E-state index in [4.69, 9.17) is 10.4 Å². The van der Waals surface area contributed by atoms with Crippen LogP contribution in [0.4, 0.5) is 11.4 Å². The summed E-state index contributed by atoms with van der Waals surface area (Å²) >= 11 is 3.35. The molecule has 1 amide bonds. The monoisotopic (exact) mass is 420 g/mol. The molecular weight excluding hydrogens is 408 g/mol. The van der Waals surface area contributed by atoms with Gasteiger partial charge < -0.3 is 10.6 Å². The maximum absolute atomic E-state index is 12.1. The van der Waals surface area contributed by atoms with E-state index in [9.17, 15) is 13.2 Å². The van der Waals surface area contributed by atoms with E-state index in [1.165, 1.54) is 30.5 Å². The van der Waals surface area contributed by atoms with Crippen LogP contribution in [0, 0.1) is 11.3 Å². The van der Waals surface area contributed by atoms with Gasteiger partial charge in [-0.15, -0.1) is 0 Å². The van der Waals surface area contributed by atoms with E-state index >= 15 is 0 Å². The standard InChI is InChI=1S/C16H13BrN4O3S/c17-14-3-1-2-4-15(14)20-10-11(9-18)16(22)21-12-5-7-13(8-6-12)25(19,23)24/h1-8,10,20H,(H,21,22)(H2,19,23,24)/b11-10-. The number of benzene rings is 2. The number of nitriles is 1. The van der Waals surface area contributed by atoms with Crippen molar-refractivity contribution in [3.05, 3.63) is 64.8 Å². The highest BCUT2D eigenvalue weighted by molar-refractivity contribution is 9.10. The largest absolute Gasteiger partial charge is 0.359 e. The second-order valence-electron chi connectivity index (χ2n) is 4.82. The molecule has 2 aromatic rings. The van der Waals surface area contributed by atoms with Crippen molar-refractivity contribution in [2.24, 2.45) is 5.14 Å². The summed E-state index contributed by atoms with van der Waals surface area (Å²) in [5, 5.41) is 19.5. The third kappa shape index (κ3) is 5.15. The zero-order valence-electron chi connectivity index (χ0n) is 12.7. The van der Waals surface area contributed by atoms with Crippen LogP contribution in [-0.4, -0.2) is 14.3 Å². The lowest BCUT2D eigenvalue weighted by Crippen LogP contribution is -2.15. The quantitative estimate of drug-likeness (QED) is 0.506. The molecule has 0 aromatic heterocycles. The first-order valence-electron chi connectivity index (χ1n) is 6.87. The van der Waals surface area contributed by atoms with Crippen LogP contribution < -0.4 is 15.8 Å². The third-order valence-electron chi connectivity index (χ3n) is 3.05. The smallest absolute Gasteiger partial charge is 0.267 e. The van der Waals surface area contributed by atoms with E-state index in [1.807, 2.05) is 12.1 Å². The fourth-order valence-corrected chi connectivity index (χ4v) is 2.72. The SMILES string of the molecule is N#C/C(=C/Nc1ccccc1Br)C(=O)Nc1ccc(S(N)(=O)=O)cc1. The first-order valence-corrected chi connectivity index (χ1v) is 9.21. The number of para-hydroxylation sites is 1. The molecule has 0 aliphatic heterocycles. The Morgan fingerprint density at radius 1 is 1.16 bits per heavy atom. The van der Waals surface area contributed by atoms with E-state index in [2.05, 4.69) is 26.6 Å². The number of anilines is 2. The highest BCUT2D eigenvalue weighted by atomic mass is 79.9. The minimum absolute atomic E-state index is 0.0721. The molecule has 128 valence electrons. The normalized spacial score (nSPS) is 11.5. The molecule has 25 heavy (non-hydrogen) atoms. The predicted octanol–water partition coefficient (Wildman–Crippen LogP) is 2.55. The van der Waals surface area contributed by atoms with E-state index in [1.54, 1.807) is 18.2 Å². The van der Waals surface area contributed by atoms with Gasteiger partial charge in [0.2, 0.25) is 10.0 Å². The summed E-state index contributed by atoms with van der Waals surface area (Å²) in [5.41, 5.74) is 0.881. The van der Waals surface area contributed by atoms with Crippen molar-refractivity contribution in [2.45, 2.75) is 4.90 Å². The van der Waals surface area contributed by atoms with Gasteiger partial charge in [0.05, 0.1) is 10.6 Å². The van der Waals surface area contributed by atoms with Gasteiger partial charge in [0.1, 0.15) is 11.6 Å². The molecule has 0 spiro atoms. The molecule has 0 unspecified atom stereocenters. The number of rotatable bonds is 5. The number of nitrogens with one attached hydrogen (secondary N) is 2. The first kappa shape index (κ1) is 18.7. The van der Waals surface area contributed by atoms with E-state index < -0.39 is 15.9 Å². The summed E-state index contributed by atoms with van der Waals surface area (Å²) in [6.07, 6.45) is 1.29. The molecule has 4 N–H and O–H groups in total. The van der Waals surface area contributed by atoms with Crippen molar-refractivity contribution in [2.75, 3.05) is 10.6 Å². The lowest BCUT2D eigenvalue weighted by atomic mass is 10.2. The van der Waals surface area contributed by atoms with Crippen LogP contribution in [-0.2, 0) is 14.8 Å². The van der Waals surface area contributed by atoms with Crippen molar-refractivity contribution in [1.29, 1.82) is 5.26 Å². The third-order valence-corrected chi connectivity index (χ3v) is 4.67. The molecule has 9 heteroatoms. The number of halogens is 1. The Hall–Kier alpha value is -2.67. The Bertz CT molecular complexity index is 964. The molecule has 0 fully saturated rings. The maximum atomic E-state index is 12.1. The molecular formula is C16H13BrN4O3S. The van der Waals surface area contributed by atoms with Crippen molar-refractivity contribution in [1.82, 2.24) is 0 Å². The molecule has 0 bridgehead atoms. The van der Waals surface area contributed by atoms with Crippen molar-refractivity contribution >= 4 is 43.2 Å². The number of sulfonamides is 1. The number of carbonyl (C=O) groups excluding carboxylic acids is 1. The molecule has 2 rings (SSSR count). The van der Waals surface area contributed by atoms with Crippen LogP contribution in [0.15, 0.2) is 69.7 Å². The van der Waals surface area contributed by atoms with Crippen LogP contribution in [0.3, 0.4) is 0 Å². The zero-order chi connectivity index (χ0) is 18.4. The fraction of sp³-hybridized carbons (Fsp3) is 0. The van der Waals surface area contributed by atoms with Crippen LogP contribution in [0.25, 0.3) is 0 Å². The van der Waals surface area contributed by atoms with Gasteiger partial charge in [-0.25, -0.2) is 13.6 Å². The minimum atomic E-state index is -3.80. The Kier molecular flexibility index (Phi) is 5.93. The molecule has 0 radical (unpaired) electrons. The number of hydrogen-bond donors (Lipinski definition) is 3. The predicted molar refractivity (Wildman–Crippen MR) is 97.9 cm³/mol. The molecule has 2 aromatic carbocycles. The van der Waals surface area contributed by atoms with Gasteiger partial charge in [0.15, 0.2) is 0 Å². The lowest BCUT2D eigenvalue weighted by molar-refractivity contribution is -0.112. The fourth-order valence-electron chi connectivity index (χ4n) is 1.80. The Balaban J connectivity index is 2.11. The maximum Gasteiger partial charge on any atom is 0.267 e. The second-order valence-corrected chi connectivity index (χ2v) is 7.23. The van der Waals surface area contributed by atoms with Crippen LogP contribution in [0.5, 0.6) is 0 Å². The lowest BCUT2D eigenvalue weighted by Gasteiger charge is -2.07. The summed E-state index contributed by atoms with van der Waals surface area (Å²) in [6, 6.07) is 14.3. The molecule has 0 atom stereocenters. The molecule has 7 nitrogen and oxygen atoms in total. The number of nitrogens with zero attached hydrogens (tertiary/aromatic N) is 1. The van der Waals surface area contributed by atoms with Gasteiger partial charge in [-0.3, -0.25) is 4.79 Å². The summed E-state index contributed by atoms with van der Waals surface area (Å²) in [4.78, 5) is 12.1. The summed E-state index contributed by atoms with van der Waals surface area (Å²) < 4.78 is 23.2. The first-order chi connectivity index (χ1) is 11.8. The van der Waals surface area contributed by atoms with Gasteiger partial charge in [0, 0.05) is 16.4 Å². The number of nitrogens with two attached hydrogens (primary N) is 1. The van der Waals surface area contributed by atoms with Gasteiger partial charge in [0.25, 0.3) is 5.91 Å². The Labute approximate surface area is 153 Å². The number of hydrogen-bond acceptors (Lipinski definition) is 5. The van der Waals surface area contributed by atoms with E-state index in [0.717, 1.165) is 4.47 Å². The average Bonchev–Trinajstić information content (AvgIpc) is 2.56. The molecule has 0 aliphatic rings. The van der Waals surface area contributed by atoms with Crippen molar-refractivity contribution in [3.8, 4) is 6.07 Å². The van der Waals surface area contributed by atoms with E-state index in [0.29, 0.717) is 11.4 Å². The Morgan fingerprint density at radius 2 is 1.80 bits per heavy atom. The van der Waals surface area contributed by atoms with Gasteiger partial charge >= 0.3 is 0 Å². The van der Waals surface area contributed by atoms with Crippen LogP contribution in [0.1, 0.15) is 0 Å². The average molecular weight is 421 g/mol. The zero-order valence-corrected chi connectivity index (χ0v) is 15.1. The summed E-state index contributed by atoms with van der Waals surface area (Å²) in [6.45, 7) is 0. The van der Waals surface area contributed by atoms with E-state index in [-0.39, 0.29) is 10.5 Å². The van der Waals surface area contributed by atoms with Gasteiger partial charge in [-0.2, -0.15) is 5.26 Å². The van der Waals surface area contributed by atoms with Crippen molar-refractivity contribution in [3.63, 3.8) is 0 Å². The number of primary sulfonamides is 1.